The Labute approximate surface area is 189 Å². The largest absolute Gasteiger partial charge is 0.479 e. The second kappa shape index (κ2) is 10.4. The summed E-state index contributed by atoms with van der Waals surface area (Å²) in [5.74, 6) is -1.53. The molecule has 0 bridgehead atoms. The topological polar surface area (TPSA) is 90.6 Å². The highest BCUT2D eigenvalue weighted by Crippen LogP contribution is 2.29. The zero-order chi connectivity index (χ0) is 23.1. The summed E-state index contributed by atoms with van der Waals surface area (Å²) in [5.41, 5.74) is 1.26. The van der Waals surface area contributed by atoms with Gasteiger partial charge in [-0.3, -0.25) is 9.21 Å². The maximum atomic E-state index is 13.7. The number of carboxylic acids is 1. The molecule has 1 atom stereocenters. The maximum absolute atomic E-state index is 13.7. The smallest absolute Gasteiger partial charge is 0.343 e. The van der Waals surface area contributed by atoms with E-state index in [-0.39, 0.29) is 22.8 Å². The number of hydrogen-bond donors (Lipinski definition) is 1. The van der Waals surface area contributed by atoms with E-state index >= 15 is 0 Å². The van der Waals surface area contributed by atoms with Crippen molar-refractivity contribution in [3.8, 4) is 17.6 Å². The van der Waals surface area contributed by atoms with Gasteiger partial charge in [0.1, 0.15) is 17.6 Å². The van der Waals surface area contributed by atoms with Crippen LogP contribution in [0.3, 0.4) is 0 Å². The Hall–Kier alpha value is -3.89. The lowest BCUT2D eigenvalue weighted by atomic mass is 10.1. The summed E-state index contributed by atoms with van der Waals surface area (Å²) in [6.45, 7) is 0.340. The Kier molecular flexibility index (Phi) is 7.42. The minimum absolute atomic E-state index is 0.0144. The molecule has 0 aromatic heterocycles. The lowest BCUT2D eigenvalue weighted by molar-refractivity contribution is -0.143. The van der Waals surface area contributed by atoms with Crippen molar-refractivity contribution in [2.75, 3.05) is 6.54 Å². The van der Waals surface area contributed by atoms with Gasteiger partial charge in [-0.15, -0.1) is 0 Å². The maximum Gasteiger partial charge on any atom is 0.343 e. The molecule has 3 rings (SSSR count). The van der Waals surface area contributed by atoms with Gasteiger partial charge < -0.3 is 9.84 Å². The van der Waals surface area contributed by atoms with Crippen molar-refractivity contribution in [3.05, 3.63) is 95.1 Å². The van der Waals surface area contributed by atoms with Crippen LogP contribution < -0.4 is 4.74 Å². The lowest BCUT2D eigenvalue weighted by Crippen LogP contribution is -2.23. The van der Waals surface area contributed by atoms with E-state index in [0.29, 0.717) is 24.3 Å². The highest BCUT2D eigenvalue weighted by molar-refractivity contribution is 6.24. The molecular formula is C24H18ClFN2O4. The van der Waals surface area contributed by atoms with E-state index < -0.39 is 12.1 Å². The van der Waals surface area contributed by atoms with Crippen molar-refractivity contribution in [2.24, 2.45) is 0 Å². The van der Waals surface area contributed by atoms with Gasteiger partial charge in [-0.1, -0.05) is 36.4 Å². The fraction of sp³-hybridized carbons (Fsp3) is 0.125. The summed E-state index contributed by atoms with van der Waals surface area (Å²) in [6.07, 6.45) is -1.62. The molecule has 1 N–H and O–H groups in total. The van der Waals surface area contributed by atoms with E-state index in [4.69, 9.17) is 21.6 Å². The number of aliphatic carboxylic acids is 1. The molecule has 32 heavy (non-hydrogen) atoms. The number of carboxylic acid groups (broad SMARTS) is 1. The van der Waals surface area contributed by atoms with Gasteiger partial charge in [0.05, 0.1) is 5.56 Å². The average molecular weight is 453 g/mol. The van der Waals surface area contributed by atoms with Gasteiger partial charge >= 0.3 is 5.97 Å². The molecule has 0 heterocycles. The van der Waals surface area contributed by atoms with Crippen molar-refractivity contribution >= 4 is 23.7 Å². The van der Waals surface area contributed by atoms with Crippen molar-refractivity contribution in [2.45, 2.75) is 12.6 Å². The van der Waals surface area contributed by atoms with Crippen LogP contribution in [0, 0.1) is 11.3 Å². The summed E-state index contributed by atoms with van der Waals surface area (Å²) >= 11 is 6.13. The average Bonchev–Trinajstić information content (AvgIpc) is 2.82. The van der Waals surface area contributed by atoms with E-state index in [1.54, 1.807) is 12.1 Å². The van der Waals surface area contributed by atoms with Crippen molar-refractivity contribution in [3.63, 3.8) is 0 Å². The zero-order valence-corrected chi connectivity index (χ0v) is 17.5. The first-order valence-electron chi connectivity index (χ1n) is 9.59. The number of benzene rings is 3. The van der Waals surface area contributed by atoms with E-state index in [1.807, 2.05) is 36.4 Å². The fourth-order valence-electron chi connectivity index (χ4n) is 2.93. The molecule has 0 aliphatic rings. The number of rotatable bonds is 8. The SMILES string of the molecule is N#Cc1cc(C(F)C(=O)O)ccc1Oc1ccc(C(=O)N(Cl)CCc2ccccc2)cc1. The Morgan fingerprint density at radius 1 is 1.09 bits per heavy atom. The summed E-state index contributed by atoms with van der Waals surface area (Å²) in [6, 6.07) is 21.4. The third-order valence-corrected chi connectivity index (χ3v) is 4.95. The Bertz CT molecular complexity index is 1150. The fourth-order valence-corrected chi connectivity index (χ4v) is 3.11. The van der Waals surface area contributed by atoms with Crippen LogP contribution in [0.4, 0.5) is 4.39 Å². The first-order chi connectivity index (χ1) is 15.4. The molecule has 6 nitrogen and oxygen atoms in total. The van der Waals surface area contributed by atoms with Crippen LogP contribution in [-0.2, 0) is 11.2 Å². The quantitative estimate of drug-likeness (QED) is 0.469. The number of hydrogen-bond acceptors (Lipinski definition) is 4. The highest BCUT2D eigenvalue weighted by atomic mass is 35.5. The minimum atomic E-state index is -2.23. The zero-order valence-electron chi connectivity index (χ0n) is 16.7. The van der Waals surface area contributed by atoms with Crippen LogP contribution in [0.1, 0.15) is 33.2 Å². The second-order valence-electron chi connectivity index (χ2n) is 6.82. The molecule has 0 saturated carbocycles. The number of amides is 1. The Morgan fingerprint density at radius 2 is 1.78 bits per heavy atom. The molecule has 0 spiro atoms. The predicted octanol–water partition coefficient (Wildman–Crippen LogP) is 5.28. The third kappa shape index (κ3) is 5.62. The van der Waals surface area contributed by atoms with E-state index in [2.05, 4.69) is 0 Å². The Balaban J connectivity index is 1.66. The number of nitriles is 1. The van der Waals surface area contributed by atoms with Gasteiger partial charge in [-0.05, 0) is 53.9 Å². The molecule has 0 aliphatic carbocycles. The van der Waals surface area contributed by atoms with Crippen LogP contribution in [-0.4, -0.2) is 27.9 Å². The number of ether oxygens (including phenoxy) is 1. The number of halogens is 2. The van der Waals surface area contributed by atoms with Gasteiger partial charge in [-0.2, -0.15) is 5.26 Å². The first-order valence-corrected chi connectivity index (χ1v) is 9.93. The Morgan fingerprint density at radius 3 is 2.41 bits per heavy atom. The normalized spacial score (nSPS) is 11.3. The molecule has 3 aromatic rings. The number of nitrogens with zero attached hydrogens (tertiary/aromatic N) is 2. The molecule has 3 aromatic carbocycles. The molecule has 8 heteroatoms. The van der Waals surface area contributed by atoms with E-state index in [0.717, 1.165) is 16.0 Å². The molecular weight excluding hydrogens is 435 g/mol. The summed E-state index contributed by atoms with van der Waals surface area (Å²) in [4.78, 5) is 23.3. The molecule has 0 radical (unpaired) electrons. The van der Waals surface area contributed by atoms with E-state index in [9.17, 15) is 19.2 Å². The third-order valence-electron chi connectivity index (χ3n) is 4.62. The van der Waals surface area contributed by atoms with Gasteiger partial charge in [0, 0.05) is 23.9 Å². The van der Waals surface area contributed by atoms with Crippen LogP contribution in [0.5, 0.6) is 11.5 Å². The first kappa shape index (κ1) is 22.8. The number of carbonyl (C=O) groups is 2. The monoisotopic (exact) mass is 452 g/mol. The van der Waals surface area contributed by atoms with Crippen molar-refractivity contribution < 1.29 is 23.8 Å². The molecule has 1 unspecified atom stereocenters. The van der Waals surface area contributed by atoms with Gasteiger partial charge in [0.25, 0.3) is 5.91 Å². The lowest BCUT2D eigenvalue weighted by Gasteiger charge is -2.14. The molecule has 0 aliphatic heterocycles. The predicted molar refractivity (Wildman–Crippen MR) is 116 cm³/mol. The standard InChI is InChI=1S/C24H18ClFN2O4/c25-28(13-12-16-4-2-1-3-5-16)23(29)17-6-9-20(10-7-17)32-21-11-8-18(14-19(21)15-27)22(26)24(30)31/h1-11,14,22H,12-13H2,(H,30,31). The molecule has 0 saturated heterocycles. The summed E-state index contributed by atoms with van der Waals surface area (Å²) in [7, 11) is 0. The van der Waals surface area contributed by atoms with Crippen molar-refractivity contribution in [1.29, 1.82) is 5.26 Å². The van der Waals surface area contributed by atoms with Crippen LogP contribution in [0.2, 0.25) is 0 Å². The van der Waals surface area contributed by atoms with E-state index in [1.165, 1.54) is 24.3 Å². The molecule has 1 amide bonds. The molecule has 0 fully saturated rings. The van der Waals surface area contributed by atoms with Gasteiger partial charge in [0.2, 0.25) is 6.17 Å². The number of carbonyl (C=O) groups excluding carboxylic acids is 1. The minimum Gasteiger partial charge on any atom is -0.479 e. The van der Waals surface area contributed by atoms with Gasteiger partial charge in [0.15, 0.2) is 0 Å². The molecule has 162 valence electrons. The van der Waals surface area contributed by atoms with Crippen LogP contribution in [0.25, 0.3) is 0 Å². The highest BCUT2D eigenvalue weighted by Gasteiger charge is 2.20. The second-order valence-corrected chi connectivity index (χ2v) is 7.23. The number of alkyl halides is 1. The summed E-state index contributed by atoms with van der Waals surface area (Å²) < 4.78 is 20.4. The summed E-state index contributed by atoms with van der Waals surface area (Å²) in [5, 5.41) is 18.1. The van der Waals surface area contributed by atoms with Crippen LogP contribution >= 0.6 is 11.8 Å². The van der Waals surface area contributed by atoms with Crippen molar-refractivity contribution in [1.82, 2.24) is 4.42 Å². The van der Waals surface area contributed by atoms with Gasteiger partial charge in [-0.25, -0.2) is 9.18 Å². The van der Waals surface area contributed by atoms with Crippen LogP contribution in [0.15, 0.2) is 72.8 Å².